The van der Waals surface area contributed by atoms with Crippen molar-refractivity contribution in [3.05, 3.63) is 64.5 Å². The van der Waals surface area contributed by atoms with E-state index in [9.17, 15) is 9.59 Å². The van der Waals surface area contributed by atoms with Crippen molar-refractivity contribution in [2.75, 3.05) is 26.7 Å². The molecule has 4 aliphatic heterocycles. The molecule has 2 aliphatic carbocycles. The highest BCUT2D eigenvalue weighted by Gasteiger charge is 2.39. The molecule has 1 unspecified atom stereocenters. The Morgan fingerprint density at radius 3 is 2.39 bits per heavy atom. The Labute approximate surface area is 208 Å². The second-order valence-electron chi connectivity index (χ2n) is 9.70. The summed E-state index contributed by atoms with van der Waals surface area (Å²) in [6.07, 6.45) is 5.70. The van der Waals surface area contributed by atoms with E-state index in [1.165, 1.54) is 16.8 Å². The molecule has 8 heteroatoms. The van der Waals surface area contributed by atoms with Gasteiger partial charge >= 0.3 is 0 Å². The van der Waals surface area contributed by atoms with Gasteiger partial charge in [-0.3, -0.25) is 9.59 Å². The number of carbonyl (C=O) groups is 2. The summed E-state index contributed by atoms with van der Waals surface area (Å²) in [6, 6.07) is 10.5. The summed E-state index contributed by atoms with van der Waals surface area (Å²) in [5, 5.41) is 3.37. The third kappa shape index (κ3) is 3.68. The zero-order valence-corrected chi connectivity index (χ0v) is 19.8. The minimum Gasteiger partial charge on any atom is -0.454 e. The Hall–Kier alpha value is -3.94. The topological polar surface area (TPSA) is 86.1 Å². The van der Waals surface area contributed by atoms with Crippen LogP contribution in [0.25, 0.3) is 5.57 Å². The molecule has 6 aliphatic rings. The minimum absolute atomic E-state index is 0.236. The predicted molar refractivity (Wildman–Crippen MR) is 130 cm³/mol. The molecule has 1 saturated heterocycles. The quantitative estimate of drug-likeness (QED) is 0.644. The summed E-state index contributed by atoms with van der Waals surface area (Å²) in [7, 11) is 0. The molecule has 184 valence electrons. The van der Waals surface area contributed by atoms with Crippen molar-refractivity contribution in [1.29, 1.82) is 0 Å². The predicted octanol–water partition coefficient (Wildman–Crippen LogP) is 3.65. The maximum Gasteiger partial charge on any atom is 0.231 e. The molecule has 8 rings (SSSR count). The zero-order chi connectivity index (χ0) is 24.2. The number of Topliss-reactive ketones (excluding diaryl/α,β-unsaturated/α-hetero) is 1. The van der Waals surface area contributed by atoms with Crippen LogP contribution in [-0.2, 0) is 16.0 Å². The van der Waals surface area contributed by atoms with Crippen LogP contribution < -0.4 is 24.3 Å². The summed E-state index contributed by atoms with van der Waals surface area (Å²) in [5.41, 5.74) is 6.58. The van der Waals surface area contributed by atoms with Gasteiger partial charge in [0.05, 0.1) is 6.04 Å². The van der Waals surface area contributed by atoms with E-state index in [-0.39, 0.29) is 18.4 Å². The molecular weight excluding hydrogens is 460 g/mol. The third-order valence-corrected chi connectivity index (χ3v) is 7.50. The first kappa shape index (κ1) is 21.4. The molecule has 1 fully saturated rings. The van der Waals surface area contributed by atoms with Crippen molar-refractivity contribution < 1.29 is 28.5 Å². The molecule has 1 N–H and O–H groups in total. The minimum atomic E-state index is 0.236. The largest absolute Gasteiger partial charge is 0.454 e. The van der Waals surface area contributed by atoms with Gasteiger partial charge in [-0.05, 0) is 60.2 Å². The molecule has 1 atom stereocenters. The highest BCUT2D eigenvalue weighted by atomic mass is 16.7. The number of hydrogen-bond acceptors (Lipinski definition) is 8. The number of ketones is 2. The fraction of sp³-hybridized carbons (Fsp3) is 0.357. The summed E-state index contributed by atoms with van der Waals surface area (Å²) in [5.74, 6) is 3.68. The van der Waals surface area contributed by atoms with Gasteiger partial charge in [-0.2, -0.15) is 0 Å². The maximum absolute atomic E-state index is 12.1. The summed E-state index contributed by atoms with van der Waals surface area (Å²) in [4.78, 5) is 25.6. The van der Waals surface area contributed by atoms with Gasteiger partial charge in [-0.15, -0.1) is 0 Å². The van der Waals surface area contributed by atoms with E-state index in [0.29, 0.717) is 25.7 Å². The number of carbonyl (C=O) groups excluding carboxylic acids is 2. The van der Waals surface area contributed by atoms with Gasteiger partial charge in [0.25, 0.3) is 0 Å². The number of allylic oxidation sites excluding steroid dienone is 4. The van der Waals surface area contributed by atoms with Crippen LogP contribution in [0.4, 0.5) is 0 Å². The van der Waals surface area contributed by atoms with Crippen molar-refractivity contribution in [2.24, 2.45) is 0 Å². The molecule has 36 heavy (non-hydrogen) atoms. The number of hydrogen-bond donors (Lipinski definition) is 1. The van der Waals surface area contributed by atoms with Gasteiger partial charge in [0.15, 0.2) is 34.6 Å². The van der Waals surface area contributed by atoms with Crippen LogP contribution in [0.15, 0.2) is 47.8 Å². The van der Waals surface area contributed by atoms with Gasteiger partial charge < -0.3 is 29.2 Å². The molecule has 2 aromatic carbocycles. The lowest BCUT2D eigenvalue weighted by molar-refractivity contribution is -0.114. The standard InChI is InChI=1S/2C14H13NO3/c16-11-3-2-10(6-11)15-7-12(15)9-1-4-13-14(5-9)18-8-17-13;16-11-2-1-10-14(11)9-6-13-12(17-7-18-13)5-8(9)3-4-15-10/h1,4-6,12H,2-3,7-8H2;5-6,15H,1-4,7H2. The Balaban J connectivity index is 0.000000122. The lowest BCUT2D eigenvalue weighted by atomic mass is 9.96. The Kier molecular flexibility index (Phi) is 4.94. The lowest BCUT2D eigenvalue weighted by Crippen LogP contribution is -2.13. The SMILES string of the molecule is O=C1C=C(N2CC2c2ccc3c(c2)OCO3)CC1.O=C1CCC2=C1c1cc3c(cc1CCN2)OCO3. The van der Waals surface area contributed by atoms with Crippen LogP contribution in [0.1, 0.15) is 48.4 Å². The fourth-order valence-corrected chi connectivity index (χ4v) is 5.59. The third-order valence-electron chi connectivity index (χ3n) is 7.50. The summed E-state index contributed by atoms with van der Waals surface area (Å²) >= 11 is 0. The molecule has 0 spiro atoms. The first-order chi connectivity index (χ1) is 17.6. The number of ether oxygens (including phenoxy) is 4. The van der Waals surface area contributed by atoms with E-state index in [4.69, 9.17) is 18.9 Å². The van der Waals surface area contributed by atoms with E-state index >= 15 is 0 Å². The van der Waals surface area contributed by atoms with Gasteiger partial charge in [-0.1, -0.05) is 6.07 Å². The van der Waals surface area contributed by atoms with Crippen LogP contribution in [0.2, 0.25) is 0 Å². The first-order valence-electron chi connectivity index (χ1n) is 12.5. The van der Waals surface area contributed by atoms with Crippen LogP contribution in [0, 0.1) is 0 Å². The molecule has 0 aromatic heterocycles. The monoisotopic (exact) mass is 486 g/mol. The Bertz CT molecular complexity index is 1360. The summed E-state index contributed by atoms with van der Waals surface area (Å²) < 4.78 is 21.5. The van der Waals surface area contributed by atoms with E-state index in [2.05, 4.69) is 16.3 Å². The normalized spacial score (nSPS) is 22.4. The molecule has 0 radical (unpaired) electrons. The van der Waals surface area contributed by atoms with Crippen molar-refractivity contribution in [3.63, 3.8) is 0 Å². The zero-order valence-electron chi connectivity index (χ0n) is 19.8. The Morgan fingerprint density at radius 2 is 1.58 bits per heavy atom. The van der Waals surface area contributed by atoms with Crippen molar-refractivity contribution in [1.82, 2.24) is 10.2 Å². The van der Waals surface area contributed by atoms with Gasteiger partial charge in [-0.25, -0.2) is 0 Å². The molecule has 8 nitrogen and oxygen atoms in total. The van der Waals surface area contributed by atoms with Crippen molar-refractivity contribution in [2.45, 2.75) is 38.1 Å². The average Bonchev–Trinajstić information content (AvgIpc) is 3.23. The molecular formula is C28H26N2O6. The number of nitrogens with one attached hydrogen (secondary N) is 1. The molecule has 0 amide bonds. The van der Waals surface area contributed by atoms with Gasteiger partial charge in [0, 0.05) is 49.0 Å². The smallest absolute Gasteiger partial charge is 0.231 e. The van der Waals surface area contributed by atoms with E-state index in [1.54, 1.807) is 6.08 Å². The van der Waals surface area contributed by atoms with Crippen molar-refractivity contribution >= 4 is 17.1 Å². The highest BCUT2D eigenvalue weighted by molar-refractivity contribution is 6.24. The van der Waals surface area contributed by atoms with Crippen LogP contribution in [-0.4, -0.2) is 43.1 Å². The van der Waals surface area contributed by atoms with Crippen LogP contribution in [0.5, 0.6) is 23.0 Å². The average molecular weight is 487 g/mol. The van der Waals surface area contributed by atoms with Crippen LogP contribution in [0.3, 0.4) is 0 Å². The van der Waals surface area contributed by atoms with Gasteiger partial charge in [0.2, 0.25) is 13.6 Å². The van der Waals surface area contributed by atoms with Crippen LogP contribution >= 0.6 is 0 Å². The van der Waals surface area contributed by atoms with E-state index in [1.807, 2.05) is 24.3 Å². The molecule has 2 aromatic rings. The fourth-order valence-electron chi connectivity index (χ4n) is 5.59. The second-order valence-corrected chi connectivity index (χ2v) is 9.70. The number of rotatable bonds is 2. The van der Waals surface area contributed by atoms with E-state index < -0.39 is 0 Å². The Morgan fingerprint density at radius 1 is 0.806 bits per heavy atom. The highest BCUT2D eigenvalue weighted by Crippen LogP contribution is 2.45. The van der Waals surface area contributed by atoms with E-state index in [0.717, 1.165) is 72.2 Å². The molecule has 4 heterocycles. The van der Waals surface area contributed by atoms with Gasteiger partial charge in [0.1, 0.15) is 0 Å². The number of fused-ring (bicyclic) bond motifs is 4. The van der Waals surface area contributed by atoms with Crippen molar-refractivity contribution in [3.8, 4) is 23.0 Å². The second kappa shape index (κ2) is 8.33. The molecule has 0 bridgehead atoms. The first-order valence-corrected chi connectivity index (χ1v) is 12.5. The maximum atomic E-state index is 12.1. The lowest BCUT2D eigenvalue weighted by Gasteiger charge is -2.09. The number of benzene rings is 2. The molecule has 0 saturated carbocycles. The number of nitrogens with zero attached hydrogens (tertiary/aromatic N) is 1. The summed E-state index contributed by atoms with van der Waals surface area (Å²) in [6.45, 7) is 2.46.